The number of benzene rings is 2. The molecule has 1 saturated heterocycles. The van der Waals surface area contributed by atoms with Crippen molar-refractivity contribution in [2.45, 2.75) is 12.6 Å². The minimum Gasteiger partial charge on any atom is -0.445 e. The lowest BCUT2D eigenvalue weighted by atomic mass is 10.2. The van der Waals surface area contributed by atoms with Crippen molar-refractivity contribution in [3.63, 3.8) is 0 Å². The van der Waals surface area contributed by atoms with Crippen molar-refractivity contribution in [1.29, 1.82) is 0 Å². The molecule has 2 amide bonds. The molecule has 2 aliphatic rings. The topological polar surface area (TPSA) is 100 Å². The Morgan fingerprint density at radius 1 is 1.07 bits per heavy atom. The Morgan fingerprint density at radius 2 is 1.77 bits per heavy atom. The lowest BCUT2D eigenvalue weighted by Crippen LogP contribution is -2.37. The first-order valence-electron chi connectivity index (χ1n) is 9.46. The molecule has 2 heterocycles. The number of hydrogen-bond donors (Lipinski definition) is 2. The molecule has 1 aromatic heterocycles. The van der Waals surface area contributed by atoms with Gasteiger partial charge in [0.25, 0.3) is 5.91 Å². The van der Waals surface area contributed by atoms with Gasteiger partial charge < -0.3 is 15.0 Å². The van der Waals surface area contributed by atoms with Crippen molar-refractivity contribution in [3.05, 3.63) is 57.6 Å². The minimum atomic E-state index is -0.375. The van der Waals surface area contributed by atoms with Crippen molar-refractivity contribution >= 4 is 46.2 Å². The molecule has 0 bridgehead atoms. The number of aromatic nitrogens is 3. The number of hydrogen-bond acceptors (Lipinski definition) is 5. The third-order valence-electron chi connectivity index (χ3n) is 5.61. The van der Waals surface area contributed by atoms with Crippen LogP contribution in [0.25, 0.3) is 11.0 Å². The predicted molar refractivity (Wildman–Crippen MR) is 110 cm³/mol. The van der Waals surface area contributed by atoms with Crippen molar-refractivity contribution in [3.8, 4) is 0 Å². The van der Waals surface area contributed by atoms with Crippen LogP contribution in [-0.2, 0) is 11.3 Å². The van der Waals surface area contributed by atoms with Crippen LogP contribution in [0.5, 0.6) is 0 Å². The second-order valence-corrected chi connectivity index (χ2v) is 8.46. The Morgan fingerprint density at radius 3 is 2.50 bits per heavy atom. The highest BCUT2D eigenvalue weighted by atomic mass is 35.5. The Labute approximate surface area is 181 Å². The zero-order valence-electron chi connectivity index (χ0n) is 15.6. The highest BCUT2D eigenvalue weighted by molar-refractivity contribution is 6.34. The van der Waals surface area contributed by atoms with E-state index in [0.29, 0.717) is 39.7 Å². The first kappa shape index (κ1) is 19.1. The summed E-state index contributed by atoms with van der Waals surface area (Å²) in [5, 5.41) is 14.6. The fourth-order valence-corrected chi connectivity index (χ4v) is 4.61. The zero-order chi connectivity index (χ0) is 20.8. The van der Waals surface area contributed by atoms with Crippen LogP contribution in [0.15, 0.2) is 36.4 Å². The number of rotatable bonds is 4. The quantitative estimate of drug-likeness (QED) is 0.641. The van der Waals surface area contributed by atoms with Crippen LogP contribution in [-0.4, -0.2) is 51.4 Å². The molecule has 0 spiro atoms. The number of nitrogens with one attached hydrogen (secondary N) is 2. The number of ether oxygens (including phenoxy) is 1. The van der Waals surface area contributed by atoms with Crippen LogP contribution in [0.4, 0.5) is 4.79 Å². The first-order valence-corrected chi connectivity index (χ1v) is 10.2. The molecular formula is C20H17Cl2N5O3. The number of fused-ring (bicyclic) bond motifs is 2. The highest BCUT2D eigenvalue weighted by Crippen LogP contribution is 2.45. The lowest BCUT2D eigenvalue weighted by Gasteiger charge is -2.20. The van der Waals surface area contributed by atoms with Gasteiger partial charge in [-0.25, -0.2) is 4.79 Å². The van der Waals surface area contributed by atoms with Crippen LogP contribution in [0.3, 0.4) is 0 Å². The molecule has 1 aliphatic carbocycles. The number of amides is 2. The third-order valence-corrected chi connectivity index (χ3v) is 6.05. The molecule has 1 aliphatic heterocycles. The van der Waals surface area contributed by atoms with E-state index < -0.39 is 0 Å². The minimum absolute atomic E-state index is 0.0706. The van der Waals surface area contributed by atoms with Gasteiger partial charge in [-0.3, -0.25) is 4.79 Å². The van der Waals surface area contributed by atoms with Gasteiger partial charge in [-0.05, 0) is 42.0 Å². The maximum absolute atomic E-state index is 12.5. The van der Waals surface area contributed by atoms with E-state index in [4.69, 9.17) is 27.9 Å². The summed E-state index contributed by atoms with van der Waals surface area (Å²) in [5.41, 5.74) is 2.63. The molecule has 2 aromatic carbocycles. The van der Waals surface area contributed by atoms with Gasteiger partial charge in [-0.2, -0.15) is 15.4 Å². The maximum atomic E-state index is 12.5. The number of H-pyrrole nitrogens is 1. The van der Waals surface area contributed by atoms with Gasteiger partial charge in [-0.1, -0.05) is 23.2 Å². The van der Waals surface area contributed by atoms with E-state index in [1.165, 1.54) is 0 Å². The number of carbonyl (C=O) groups excluding carboxylic acids is 2. The summed E-state index contributed by atoms with van der Waals surface area (Å²) in [6.07, 6.45) is -0.375. The largest absolute Gasteiger partial charge is 0.445 e. The summed E-state index contributed by atoms with van der Waals surface area (Å²) in [5.74, 6) is 0.349. The Balaban J connectivity index is 1.12. The molecule has 0 radical (unpaired) electrons. The molecular weight excluding hydrogens is 429 g/mol. The average Bonchev–Trinajstić information content (AvgIpc) is 3.09. The fraction of sp³-hybridized carbons (Fsp3) is 0.300. The number of nitrogens with zero attached hydrogens (tertiary/aromatic N) is 3. The average molecular weight is 446 g/mol. The van der Waals surface area contributed by atoms with Crippen LogP contribution < -0.4 is 5.32 Å². The summed E-state index contributed by atoms with van der Waals surface area (Å²) in [6.45, 7) is 1.23. The summed E-state index contributed by atoms with van der Waals surface area (Å²) in [7, 11) is 0. The van der Waals surface area contributed by atoms with E-state index in [1.54, 1.807) is 41.3 Å². The Kier molecular flexibility index (Phi) is 4.75. The number of piperidine rings is 1. The normalized spacial score (nSPS) is 22.1. The maximum Gasteiger partial charge on any atom is 0.410 e. The fourth-order valence-electron chi connectivity index (χ4n) is 4.04. The van der Waals surface area contributed by atoms with E-state index in [-0.39, 0.29) is 36.5 Å². The summed E-state index contributed by atoms with van der Waals surface area (Å²) >= 11 is 11.9. The van der Waals surface area contributed by atoms with E-state index in [0.717, 1.165) is 5.56 Å². The molecule has 1 unspecified atom stereocenters. The van der Waals surface area contributed by atoms with Gasteiger partial charge >= 0.3 is 6.09 Å². The smallest absolute Gasteiger partial charge is 0.410 e. The van der Waals surface area contributed by atoms with Crippen molar-refractivity contribution < 1.29 is 14.3 Å². The van der Waals surface area contributed by atoms with Crippen molar-refractivity contribution in [1.82, 2.24) is 25.6 Å². The zero-order valence-corrected chi connectivity index (χ0v) is 17.2. The summed E-state index contributed by atoms with van der Waals surface area (Å²) in [6, 6.07) is 10.3. The SMILES string of the molecule is O=C(NC1[C@H]2CN(C(=O)OCc3cc(Cl)cc(Cl)c3)C[C@@H]12)c1ccc2n[nH]nc2c1. The molecule has 3 aromatic rings. The second-order valence-electron chi connectivity index (χ2n) is 7.59. The second kappa shape index (κ2) is 7.45. The van der Waals surface area contributed by atoms with Gasteiger partial charge in [0.1, 0.15) is 17.6 Å². The van der Waals surface area contributed by atoms with E-state index in [1.807, 2.05) is 0 Å². The van der Waals surface area contributed by atoms with Gasteiger partial charge in [0.2, 0.25) is 0 Å². The first-order chi connectivity index (χ1) is 14.5. The molecule has 5 rings (SSSR count). The van der Waals surface area contributed by atoms with Gasteiger partial charge in [0, 0.05) is 46.6 Å². The molecule has 2 N–H and O–H groups in total. The number of likely N-dealkylation sites (tertiary alicyclic amines) is 1. The van der Waals surface area contributed by atoms with Crippen LogP contribution >= 0.6 is 23.2 Å². The standard InChI is InChI=1S/C20H17Cl2N5O3/c21-12-3-10(4-13(22)6-12)9-30-20(29)27-7-14-15(8-27)18(14)23-19(28)11-1-2-16-17(5-11)25-26-24-16/h1-6,14-15,18H,7-9H2,(H,23,28)(H,24,25,26)/t14-,15+,18?. The number of carbonyl (C=O) groups is 2. The van der Waals surface area contributed by atoms with E-state index >= 15 is 0 Å². The van der Waals surface area contributed by atoms with Gasteiger partial charge in [0.05, 0.1) is 0 Å². The van der Waals surface area contributed by atoms with Crippen LogP contribution in [0.1, 0.15) is 15.9 Å². The summed E-state index contributed by atoms with van der Waals surface area (Å²) < 4.78 is 5.38. The highest BCUT2D eigenvalue weighted by Gasteiger charge is 2.57. The Hall–Kier alpha value is -2.84. The molecule has 154 valence electrons. The van der Waals surface area contributed by atoms with Gasteiger partial charge in [0.15, 0.2) is 0 Å². The molecule has 1 saturated carbocycles. The lowest BCUT2D eigenvalue weighted by molar-refractivity contribution is 0.0926. The van der Waals surface area contributed by atoms with Crippen molar-refractivity contribution in [2.75, 3.05) is 13.1 Å². The number of aromatic amines is 1. The van der Waals surface area contributed by atoms with E-state index in [2.05, 4.69) is 20.7 Å². The molecule has 8 nitrogen and oxygen atoms in total. The molecule has 10 heteroatoms. The molecule has 30 heavy (non-hydrogen) atoms. The predicted octanol–water partition coefficient (Wildman–Crippen LogP) is 3.26. The number of halogens is 2. The van der Waals surface area contributed by atoms with Crippen LogP contribution in [0, 0.1) is 11.8 Å². The molecule has 3 atom stereocenters. The van der Waals surface area contributed by atoms with E-state index in [9.17, 15) is 9.59 Å². The third kappa shape index (κ3) is 3.68. The van der Waals surface area contributed by atoms with Crippen LogP contribution in [0.2, 0.25) is 10.0 Å². The van der Waals surface area contributed by atoms with Gasteiger partial charge in [-0.15, -0.1) is 0 Å². The monoisotopic (exact) mass is 445 g/mol. The Bertz CT molecular complexity index is 1120. The van der Waals surface area contributed by atoms with Crippen molar-refractivity contribution in [2.24, 2.45) is 11.8 Å². The molecule has 2 fully saturated rings. The summed E-state index contributed by atoms with van der Waals surface area (Å²) in [4.78, 5) is 26.5.